The highest BCUT2D eigenvalue weighted by Gasteiger charge is 2.19. The van der Waals surface area contributed by atoms with Crippen LogP contribution >= 0.6 is 0 Å². The van der Waals surface area contributed by atoms with Crippen LogP contribution in [0.4, 0.5) is 0 Å². The minimum Gasteiger partial charge on any atom is -0.462 e. The van der Waals surface area contributed by atoms with Crippen LogP contribution in [0.2, 0.25) is 0 Å². The fourth-order valence-electron chi connectivity index (χ4n) is 9.19. The molecule has 6 heteroatoms. The third-order valence-corrected chi connectivity index (χ3v) is 14.0. The van der Waals surface area contributed by atoms with Gasteiger partial charge >= 0.3 is 17.9 Å². The number of esters is 3. The first-order chi connectivity index (χ1) is 36.0. The molecule has 424 valence electrons. The first-order valence-corrected chi connectivity index (χ1v) is 31.8. The van der Waals surface area contributed by atoms with Crippen molar-refractivity contribution in [3.63, 3.8) is 0 Å². The number of rotatable bonds is 58. The molecule has 1 atom stereocenters. The van der Waals surface area contributed by atoms with E-state index in [9.17, 15) is 14.4 Å². The zero-order valence-electron chi connectivity index (χ0n) is 48.7. The van der Waals surface area contributed by atoms with Crippen molar-refractivity contribution < 1.29 is 28.6 Å². The molecule has 0 aliphatic carbocycles. The Bertz CT molecular complexity index is 1310. The largest absolute Gasteiger partial charge is 0.462 e. The van der Waals surface area contributed by atoms with Crippen molar-refractivity contribution in [3.05, 3.63) is 60.8 Å². The number of unbranched alkanes of at least 4 members (excludes halogenated alkanes) is 37. The Morgan fingerprint density at radius 3 is 0.767 bits per heavy atom. The van der Waals surface area contributed by atoms with Crippen molar-refractivity contribution in [1.82, 2.24) is 0 Å². The van der Waals surface area contributed by atoms with Crippen molar-refractivity contribution >= 4 is 17.9 Å². The third-order valence-electron chi connectivity index (χ3n) is 14.0. The molecule has 0 saturated heterocycles. The number of allylic oxidation sites excluding steroid dienone is 10. The third kappa shape index (κ3) is 59.9. The van der Waals surface area contributed by atoms with Crippen molar-refractivity contribution in [1.29, 1.82) is 0 Å². The molecule has 0 spiro atoms. The maximum atomic E-state index is 12.8. The monoisotopic (exact) mass is 1020 g/mol. The van der Waals surface area contributed by atoms with Gasteiger partial charge in [-0.1, -0.05) is 281 Å². The molecule has 0 amide bonds. The summed E-state index contributed by atoms with van der Waals surface area (Å²) in [6, 6.07) is 0. The van der Waals surface area contributed by atoms with E-state index in [2.05, 4.69) is 81.5 Å². The highest BCUT2D eigenvalue weighted by atomic mass is 16.6. The van der Waals surface area contributed by atoms with E-state index in [4.69, 9.17) is 14.2 Å². The van der Waals surface area contributed by atoms with Crippen molar-refractivity contribution in [2.24, 2.45) is 0 Å². The molecule has 0 aromatic heterocycles. The molecule has 0 bridgehead atoms. The number of carbonyl (C=O) groups excluding carboxylic acids is 3. The number of hydrogen-bond acceptors (Lipinski definition) is 6. The van der Waals surface area contributed by atoms with E-state index in [0.29, 0.717) is 19.3 Å². The van der Waals surface area contributed by atoms with E-state index in [1.165, 1.54) is 199 Å². The average molecular weight is 1020 g/mol. The molecule has 0 aliphatic rings. The Hall–Kier alpha value is -2.89. The number of carbonyl (C=O) groups is 3. The predicted octanol–water partition coefficient (Wildman–Crippen LogP) is 21.6. The smallest absolute Gasteiger partial charge is 0.306 e. The van der Waals surface area contributed by atoms with E-state index in [1.807, 2.05) is 0 Å². The van der Waals surface area contributed by atoms with Gasteiger partial charge in [0.05, 0.1) is 0 Å². The van der Waals surface area contributed by atoms with Gasteiger partial charge in [-0.15, -0.1) is 0 Å². The fraction of sp³-hybridized carbons (Fsp3) is 0.806. The van der Waals surface area contributed by atoms with Crippen LogP contribution in [0.25, 0.3) is 0 Å². The van der Waals surface area contributed by atoms with Gasteiger partial charge < -0.3 is 14.2 Å². The van der Waals surface area contributed by atoms with E-state index in [0.717, 1.165) is 89.9 Å². The summed E-state index contributed by atoms with van der Waals surface area (Å²) in [6.45, 7) is 6.56. The maximum Gasteiger partial charge on any atom is 0.306 e. The predicted molar refractivity (Wildman–Crippen MR) is 316 cm³/mol. The van der Waals surface area contributed by atoms with Gasteiger partial charge in [0, 0.05) is 19.3 Å². The topological polar surface area (TPSA) is 78.9 Å². The van der Waals surface area contributed by atoms with Crippen LogP contribution in [0.15, 0.2) is 60.8 Å². The summed E-state index contributed by atoms with van der Waals surface area (Å²) in [5, 5.41) is 0. The Balaban J connectivity index is 4.01. The Kier molecular flexibility index (Phi) is 59.2. The Morgan fingerprint density at radius 1 is 0.274 bits per heavy atom. The highest BCUT2D eigenvalue weighted by molar-refractivity contribution is 5.71. The molecule has 6 nitrogen and oxygen atoms in total. The molecule has 0 aromatic carbocycles. The SMILES string of the molecule is CCCCCCC/C=C\C/C=C\C/C=C\CCCCCCCCC(=O)OC(COC(=O)CCCCCCC)COC(=O)CCCCCCCCCCCCCCCCCCC/C=C\C/C=C\CCCCCCC. The van der Waals surface area contributed by atoms with Gasteiger partial charge in [-0.3, -0.25) is 14.4 Å². The summed E-state index contributed by atoms with van der Waals surface area (Å²) < 4.78 is 16.8. The molecule has 0 N–H and O–H groups in total. The lowest BCUT2D eigenvalue weighted by molar-refractivity contribution is -0.167. The van der Waals surface area contributed by atoms with Gasteiger partial charge in [0.1, 0.15) is 13.2 Å². The van der Waals surface area contributed by atoms with Crippen LogP contribution in [-0.4, -0.2) is 37.2 Å². The summed E-state index contributed by atoms with van der Waals surface area (Å²) in [5.74, 6) is -0.891. The van der Waals surface area contributed by atoms with Crippen molar-refractivity contribution in [2.75, 3.05) is 13.2 Å². The lowest BCUT2D eigenvalue weighted by Crippen LogP contribution is -2.30. The second-order valence-electron chi connectivity index (χ2n) is 21.3. The second kappa shape index (κ2) is 61.7. The van der Waals surface area contributed by atoms with E-state index in [-0.39, 0.29) is 31.1 Å². The Labute approximate surface area is 453 Å². The molecule has 0 heterocycles. The summed E-state index contributed by atoms with van der Waals surface area (Å²) in [7, 11) is 0. The zero-order chi connectivity index (χ0) is 52.9. The minimum absolute atomic E-state index is 0.0773. The summed E-state index contributed by atoms with van der Waals surface area (Å²) in [6.07, 6.45) is 78.5. The maximum absolute atomic E-state index is 12.8. The first-order valence-electron chi connectivity index (χ1n) is 31.8. The van der Waals surface area contributed by atoms with Crippen LogP contribution in [0.5, 0.6) is 0 Å². The van der Waals surface area contributed by atoms with Gasteiger partial charge in [-0.05, 0) is 89.9 Å². The highest BCUT2D eigenvalue weighted by Crippen LogP contribution is 2.17. The van der Waals surface area contributed by atoms with Gasteiger partial charge in [-0.2, -0.15) is 0 Å². The molecule has 1 unspecified atom stereocenters. The van der Waals surface area contributed by atoms with Gasteiger partial charge in [0.2, 0.25) is 0 Å². The summed E-state index contributed by atoms with van der Waals surface area (Å²) in [4.78, 5) is 37.9. The van der Waals surface area contributed by atoms with Crippen molar-refractivity contribution in [3.8, 4) is 0 Å². The van der Waals surface area contributed by atoms with Crippen LogP contribution in [-0.2, 0) is 28.6 Å². The van der Waals surface area contributed by atoms with Gasteiger partial charge in [0.15, 0.2) is 6.10 Å². The molecule has 0 saturated carbocycles. The molecular weight excluding hydrogens is 901 g/mol. The first kappa shape index (κ1) is 70.1. The average Bonchev–Trinajstić information content (AvgIpc) is 3.39. The van der Waals surface area contributed by atoms with E-state index < -0.39 is 6.10 Å². The molecule has 0 rings (SSSR count). The fourth-order valence-corrected chi connectivity index (χ4v) is 9.19. The van der Waals surface area contributed by atoms with Gasteiger partial charge in [-0.25, -0.2) is 0 Å². The summed E-state index contributed by atoms with van der Waals surface area (Å²) in [5.41, 5.74) is 0. The van der Waals surface area contributed by atoms with E-state index >= 15 is 0 Å². The van der Waals surface area contributed by atoms with Gasteiger partial charge in [0.25, 0.3) is 0 Å². The van der Waals surface area contributed by atoms with Crippen LogP contribution in [0, 0.1) is 0 Å². The zero-order valence-corrected chi connectivity index (χ0v) is 48.7. The molecular formula is C67H120O6. The molecule has 0 aromatic rings. The number of ether oxygens (including phenoxy) is 3. The number of hydrogen-bond donors (Lipinski definition) is 0. The second-order valence-corrected chi connectivity index (χ2v) is 21.3. The lowest BCUT2D eigenvalue weighted by Gasteiger charge is -2.18. The van der Waals surface area contributed by atoms with Crippen molar-refractivity contribution in [2.45, 2.75) is 335 Å². The quantitative estimate of drug-likeness (QED) is 0.0261. The molecule has 0 fully saturated rings. The standard InChI is InChI=1S/C67H120O6/c1-4-7-10-13-15-17-19-21-23-25-27-29-30-31-32-33-34-35-36-38-39-41-43-45-47-49-51-54-57-60-66(69)72-63-64(62-71-65(68)59-56-53-12-9-6-3)73-67(70)61-58-55-52-50-48-46-44-42-40-37-28-26-24-22-20-18-16-14-11-8-5-2/h19-22,25-28,40,42,64H,4-18,23-24,29-39,41,43-63H2,1-3H3/b21-19-,22-20-,27-25-,28-26-,42-40-. The minimum atomic E-state index is -0.777. The Morgan fingerprint density at radius 2 is 0.493 bits per heavy atom. The molecule has 73 heavy (non-hydrogen) atoms. The van der Waals surface area contributed by atoms with Crippen LogP contribution < -0.4 is 0 Å². The normalized spacial score (nSPS) is 12.4. The van der Waals surface area contributed by atoms with Crippen LogP contribution in [0.3, 0.4) is 0 Å². The molecule has 0 radical (unpaired) electrons. The van der Waals surface area contributed by atoms with E-state index in [1.54, 1.807) is 0 Å². The molecule has 0 aliphatic heterocycles. The summed E-state index contributed by atoms with van der Waals surface area (Å²) >= 11 is 0. The lowest BCUT2D eigenvalue weighted by atomic mass is 10.0. The van der Waals surface area contributed by atoms with Crippen LogP contribution in [0.1, 0.15) is 329 Å².